The summed E-state index contributed by atoms with van der Waals surface area (Å²) < 4.78 is 12.5. The molecule has 1 fully saturated rings. The zero-order valence-corrected chi connectivity index (χ0v) is 22.4. The lowest BCUT2D eigenvalue weighted by Crippen LogP contribution is -2.28. The van der Waals surface area contributed by atoms with Gasteiger partial charge in [0.15, 0.2) is 5.69 Å². The van der Waals surface area contributed by atoms with Gasteiger partial charge in [0.2, 0.25) is 5.91 Å². The van der Waals surface area contributed by atoms with Crippen molar-refractivity contribution < 1.29 is 23.9 Å². The molecule has 3 N–H and O–H groups in total. The molecule has 0 saturated carbocycles. The maximum absolute atomic E-state index is 13.1. The Labute approximate surface area is 231 Å². The lowest BCUT2D eigenvalue weighted by atomic mass is 10.2. The molecule has 206 valence electrons. The molecule has 10 nitrogen and oxygen atoms in total. The van der Waals surface area contributed by atoms with E-state index < -0.39 is 12.1 Å². The van der Waals surface area contributed by atoms with Crippen molar-refractivity contribution in [1.29, 1.82) is 0 Å². The van der Waals surface area contributed by atoms with Gasteiger partial charge in [0, 0.05) is 37.7 Å². The predicted molar refractivity (Wildman–Crippen MR) is 152 cm³/mol. The van der Waals surface area contributed by atoms with Crippen LogP contribution in [-0.4, -0.2) is 47.2 Å². The fourth-order valence-corrected chi connectivity index (χ4v) is 4.78. The van der Waals surface area contributed by atoms with Gasteiger partial charge >= 0.3 is 5.97 Å². The molecule has 2 aromatic carbocycles. The number of hydrogen-bond acceptors (Lipinski definition) is 7. The van der Waals surface area contributed by atoms with Crippen molar-refractivity contribution in [3.05, 3.63) is 83.7 Å². The third-order valence-corrected chi connectivity index (χ3v) is 6.70. The number of amides is 2. The van der Waals surface area contributed by atoms with E-state index in [0.717, 1.165) is 23.2 Å². The molecule has 5 rings (SSSR count). The molecule has 0 radical (unpaired) electrons. The van der Waals surface area contributed by atoms with Crippen LogP contribution in [0.2, 0.25) is 0 Å². The summed E-state index contributed by atoms with van der Waals surface area (Å²) in [5.74, 6) is -1.01. The zero-order valence-electron chi connectivity index (χ0n) is 22.4. The second-order valence-electron chi connectivity index (χ2n) is 9.60. The van der Waals surface area contributed by atoms with Crippen LogP contribution in [0.25, 0.3) is 11.0 Å². The Hall–Kier alpha value is -4.70. The molecule has 2 amide bonds. The molecule has 4 aromatic rings. The number of benzene rings is 2. The smallest absolute Gasteiger partial charge is 0.356 e. The molecule has 1 atom stereocenters. The van der Waals surface area contributed by atoms with Crippen molar-refractivity contribution in [3.63, 3.8) is 0 Å². The van der Waals surface area contributed by atoms with E-state index in [1.807, 2.05) is 60.7 Å². The molecule has 3 heterocycles. The summed E-state index contributed by atoms with van der Waals surface area (Å²) in [4.78, 5) is 42.2. The minimum absolute atomic E-state index is 0.127. The van der Waals surface area contributed by atoms with Crippen molar-refractivity contribution in [1.82, 2.24) is 9.55 Å². The van der Waals surface area contributed by atoms with E-state index in [2.05, 4.69) is 16.0 Å². The number of methoxy groups -OCH3 is 1. The molecule has 1 saturated heterocycles. The SMILES string of the molecule is COC(=O)c1c(NC(=O)C2CCCO2)c2cc(NCc3ccc(NC(C)=O)cc3)cnc2n1Cc1ccccc1. The molecular weight excluding hydrogens is 510 g/mol. The first kappa shape index (κ1) is 26.9. The minimum atomic E-state index is -0.578. The molecule has 1 unspecified atom stereocenters. The van der Waals surface area contributed by atoms with Crippen LogP contribution in [0.1, 0.15) is 41.4 Å². The van der Waals surface area contributed by atoms with Gasteiger partial charge in [-0.3, -0.25) is 9.59 Å². The Balaban J connectivity index is 1.51. The van der Waals surface area contributed by atoms with Crippen LogP contribution in [0.5, 0.6) is 0 Å². The van der Waals surface area contributed by atoms with Gasteiger partial charge < -0.3 is 30.0 Å². The van der Waals surface area contributed by atoms with Gasteiger partial charge in [0.1, 0.15) is 11.8 Å². The van der Waals surface area contributed by atoms with Crippen molar-refractivity contribution >= 4 is 45.9 Å². The number of rotatable bonds is 9. The Kier molecular flexibility index (Phi) is 8.07. The Morgan fingerprint density at radius 1 is 1.02 bits per heavy atom. The average Bonchev–Trinajstić information content (AvgIpc) is 3.60. The summed E-state index contributed by atoms with van der Waals surface area (Å²) in [5.41, 5.74) is 4.49. The minimum Gasteiger partial charge on any atom is -0.464 e. The number of hydrogen-bond donors (Lipinski definition) is 3. The van der Waals surface area contributed by atoms with Crippen molar-refractivity contribution in [3.8, 4) is 0 Å². The lowest BCUT2D eigenvalue weighted by Gasteiger charge is -2.13. The van der Waals surface area contributed by atoms with Crippen LogP contribution >= 0.6 is 0 Å². The number of carbonyl (C=O) groups is 3. The highest BCUT2D eigenvalue weighted by Crippen LogP contribution is 2.34. The van der Waals surface area contributed by atoms with Gasteiger partial charge in [-0.15, -0.1) is 0 Å². The molecule has 10 heteroatoms. The van der Waals surface area contributed by atoms with Crippen LogP contribution < -0.4 is 16.0 Å². The van der Waals surface area contributed by atoms with E-state index >= 15 is 0 Å². The van der Waals surface area contributed by atoms with Crippen LogP contribution in [-0.2, 0) is 32.2 Å². The fourth-order valence-electron chi connectivity index (χ4n) is 4.78. The summed E-state index contributed by atoms with van der Waals surface area (Å²) in [6.07, 6.45) is 2.54. The Bertz CT molecular complexity index is 1530. The number of anilines is 3. The number of fused-ring (bicyclic) bond motifs is 1. The van der Waals surface area contributed by atoms with Crippen molar-refractivity contribution in [2.24, 2.45) is 0 Å². The van der Waals surface area contributed by atoms with E-state index in [0.29, 0.717) is 48.5 Å². The maximum atomic E-state index is 13.1. The van der Waals surface area contributed by atoms with Gasteiger partial charge in [-0.05, 0) is 42.2 Å². The van der Waals surface area contributed by atoms with Crippen LogP contribution in [0.3, 0.4) is 0 Å². The molecule has 0 aliphatic carbocycles. The molecular formula is C30H31N5O5. The second kappa shape index (κ2) is 12.0. The average molecular weight is 542 g/mol. The van der Waals surface area contributed by atoms with E-state index in [1.54, 1.807) is 10.8 Å². The third kappa shape index (κ3) is 5.97. The van der Waals surface area contributed by atoms with Crippen LogP contribution in [0.4, 0.5) is 17.1 Å². The van der Waals surface area contributed by atoms with Crippen LogP contribution in [0, 0.1) is 0 Å². The second-order valence-corrected chi connectivity index (χ2v) is 9.60. The van der Waals surface area contributed by atoms with Gasteiger partial charge in [-0.25, -0.2) is 9.78 Å². The molecule has 1 aliphatic heterocycles. The summed E-state index contributed by atoms with van der Waals surface area (Å²) in [6, 6.07) is 19.1. The highest BCUT2D eigenvalue weighted by Gasteiger charge is 2.30. The van der Waals surface area contributed by atoms with Crippen molar-refractivity contribution in [2.75, 3.05) is 29.7 Å². The lowest BCUT2D eigenvalue weighted by molar-refractivity contribution is -0.124. The molecule has 0 bridgehead atoms. The van der Waals surface area contributed by atoms with Gasteiger partial charge in [-0.1, -0.05) is 42.5 Å². The first-order valence-corrected chi connectivity index (χ1v) is 13.1. The standard InChI is InChI=1S/C30H31N5O5/c1-19(36)33-22-12-10-20(11-13-22)16-31-23-15-24-26(34-29(37)25-9-6-14-40-25)27(30(38)39-2)35(28(24)32-17-23)18-21-7-4-3-5-8-21/h3-5,7-8,10-13,15,17,25,31H,6,9,14,16,18H2,1-2H3,(H,33,36)(H,34,37). The number of pyridine rings is 1. The first-order chi connectivity index (χ1) is 19.4. The number of aromatic nitrogens is 2. The monoisotopic (exact) mass is 541 g/mol. The fraction of sp³-hybridized carbons (Fsp3) is 0.267. The molecule has 0 spiro atoms. The first-order valence-electron chi connectivity index (χ1n) is 13.1. The van der Waals surface area contributed by atoms with E-state index in [-0.39, 0.29) is 17.5 Å². The van der Waals surface area contributed by atoms with Gasteiger partial charge in [0.05, 0.1) is 24.7 Å². The highest BCUT2D eigenvalue weighted by molar-refractivity contribution is 6.12. The quantitative estimate of drug-likeness (QED) is 0.266. The third-order valence-electron chi connectivity index (χ3n) is 6.70. The number of ether oxygens (including phenoxy) is 2. The largest absolute Gasteiger partial charge is 0.464 e. The topological polar surface area (TPSA) is 124 Å². The molecule has 2 aromatic heterocycles. The van der Waals surface area contributed by atoms with Gasteiger partial charge in [-0.2, -0.15) is 0 Å². The number of nitrogens with zero attached hydrogens (tertiary/aromatic N) is 2. The van der Waals surface area contributed by atoms with Crippen LogP contribution in [0.15, 0.2) is 66.9 Å². The van der Waals surface area contributed by atoms with Crippen molar-refractivity contribution in [2.45, 2.75) is 39.0 Å². The number of nitrogens with one attached hydrogen (secondary N) is 3. The zero-order chi connectivity index (χ0) is 28.1. The molecule has 1 aliphatic rings. The summed E-state index contributed by atoms with van der Waals surface area (Å²) in [5, 5.41) is 9.67. The van der Waals surface area contributed by atoms with E-state index in [4.69, 9.17) is 14.5 Å². The number of esters is 1. The van der Waals surface area contributed by atoms with E-state index in [1.165, 1.54) is 14.0 Å². The maximum Gasteiger partial charge on any atom is 0.356 e. The molecule has 40 heavy (non-hydrogen) atoms. The Morgan fingerprint density at radius 2 is 1.80 bits per heavy atom. The van der Waals surface area contributed by atoms with E-state index in [9.17, 15) is 14.4 Å². The summed E-state index contributed by atoms with van der Waals surface area (Å²) in [7, 11) is 1.32. The summed E-state index contributed by atoms with van der Waals surface area (Å²) >= 11 is 0. The van der Waals surface area contributed by atoms with Gasteiger partial charge in [0.25, 0.3) is 5.91 Å². The normalized spacial score (nSPS) is 14.6. The predicted octanol–water partition coefficient (Wildman–Crippen LogP) is 4.56. The Morgan fingerprint density at radius 3 is 2.48 bits per heavy atom. The number of carbonyl (C=O) groups excluding carboxylic acids is 3. The summed E-state index contributed by atoms with van der Waals surface area (Å²) in [6.45, 7) is 2.85. The highest BCUT2D eigenvalue weighted by atomic mass is 16.5.